The highest BCUT2D eigenvalue weighted by atomic mass is 16.3. The highest BCUT2D eigenvalue weighted by Gasteiger charge is 2.20. The van der Waals surface area contributed by atoms with Crippen molar-refractivity contribution >= 4 is 0 Å². The van der Waals surface area contributed by atoms with E-state index in [1.165, 1.54) is 5.56 Å². The van der Waals surface area contributed by atoms with Gasteiger partial charge in [0.05, 0.1) is 5.60 Å². The Bertz CT molecular complexity index is 338. The van der Waals surface area contributed by atoms with E-state index in [1.807, 2.05) is 25.1 Å². The lowest BCUT2D eigenvalue weighted by atomic mass is 9.93. The van der Waals surface area contributed by atoms with Gasteiger partial charge in [-0.3, -0.25) is 0 Å². The Hall–Kier alpha value is -0.860. The predicted molar refractivity (Wildman–Crippen MR) is 77.8 cm³/mol. The van der Waals surface area contributed by atoms with Crippen molar-refractivity contribution in [3.63, 3.8) is 0 Å². The maximum Gasteiger partial charge on any atom is 0.0635 e. The molecule has 0 fully saturated rings. The summed E-state index contributed by atoms with van der Waals surface area (Å²) < 4.78 is 0. The van der Waals surface area contributed by atoms with E-state index in [-0.39, 0.29) is 5.54 Å². The van der Waals surface area contributed by atoms with Crippen molar-refractivity contribution in [2.24, 2.45) is 0 Å². The standard InChI is InChI=1S/C16H27NO/c1-15(2,3)17-13-12-16(4,18)11-10-14-8-6-5-7-9-14/h5-9,17-18H,10-13H2,1-4H3. The van der Waals surface area contributed by atoms with Gasteiger partial charge >= 0.3 is 0 Å². The van der Waals surface area contributed by atoms with E-state index in [0.29, 0.717) is 0 Å². The van der Waals surface area contributed by atoms with Crippen LogP contribution in [-0.2, 0) is 6.42 Å². The zero-order chi connectivity index (χ0) is 13.6. The maximum atomic E-state index is 10.3. The summed E-state index contributed by atoms with van der Waals surface area (Å²) >= 11 is 0. The lowest BCUT2D eigenvalue weighted by Crippen LogP contribution is -2.39. The molecule has 0 amide bonds. The van der Waals surface area contributed by atoms with E-state index in [0.717, 1.165) is 25.8 Å². The number of aliphatic hydroxyl groups is 1. The summed E-state index contributed by atoms with van der Waals surface area (Å²) in [7, 11) is 0. The van der Waals surface area contributed by atoms with Crippen molar-refractivity contribution in [3.8, 4) is 0 Å². The SMILES string of the molecule is CC(O)(CCNC(C)(C)C)CCc1ccccc1. The highest BCUT2D eigenvalue weighted by molar-refractivity contribution is 5.14. The van der Waals surface area contributed by atoms with Crippen LogP contribution in [-0.4, -0.2) is 22.8 Å². The molecule has 2 heteroatoms. The molecule has 0 saturated carbocycles. The van der Waals surface area contributed by atoms with Crippen molar-refractivity contribution in [2.75, 3.05) is 6.54 Å². The second-order valence-electron chi connectivity index (χ2n) is 6.41. The highest BCUT2D eigenvalue weighted by Crippen LogP contribution is 2.17. The van der Waals surface area contributed by atoms with E-state index in [4.69, 9.17) is 0 Å². The predicted octanol–water partition coefficient (Wildman–Crippen LogP) is 3.15. The van der Waals surface area contributed by atoms with E-state index < -0.39 is 5.60 Å². The van der Waals surface area contributed by atoms with Gasteiger partial charge in [-0.25, -0.2) is 0 Å². The van der Waals surface area contributed by atoms with Crippen LogP contribution in [0.5, 0.6) is 0 Å². The van der Waals surface area contributed by atoms with Gasteiger partial charge < -0.3 is 10.4 Å². The zero-order valence-electron chi connectivity index (χ0n) is 12.2. The van der Waals surface area contributed by atoms with Crippen molar-refractivity contribution < 1.29 is 5.11 Å². The van der Waals surface area contributed by atoms with Crippen LogP contribution in [0.4, 0.5) is 0 Å². The average Bonchev–Trinajstić information content (AvgIpc) is 2.26. The molecule has 1 atom stereocenters. The lowest BCUT2D eigenvalue weighted by molar-refractivity contribution is 0.0411. The summed E-state index contributed by atoms with van der Waals surface area (Å²) in [5.41, 5.74) is 0.824. The van der Waals surface area contributed by atoms with E-state index in [2.05, 4.69) is 38.2 Å². The van der Waals surface area contributed by atoms with Crippen molar-refractivity contribution in [2.45, 2.75) is 58.1 Å². The van der Waals surface area contributed by atoms with E-state index in [9.17, 15) is 5.11 Å². The normalized spacial score (nSPS) is 15.4. The minimum atomic E-state index is -0.589. The monoisotopic (exact) mass is 249 g/mol. The summed E-state index contributed by atoms with van der Waals surface area (Å²) in [6.45, 7) is 9.22. The molecule has 2 N–H and O–H groups in total. The number of nitrogens with one attached hydrogen (secondary N) is 1. The molecule has 0 aliphatic rings. The fourth-order valence-corrected chi connectivity index (χ4v) is 1.89. The van der Waals surface area contributed by atoms with Gasteiger partial charge in [-0.2, -0.15) is 0 Å². The van der Waals surface area contributed by atoms with Gasteiger partial charge in [0, 0.05) is 5.54 Å². The molecule has 0 aliphatic heterocycles. The minimum absolute atomic E-state index is 0.121. The number of rotatable bonds is 6. The summed E-state index contributed by atoms with van der Waals surface area (Å²) in [4.78, 5) is 0. The first-order valence-corrected chi connectivity index (χ1v) is 6.80. The molecular formula is C16H27NO. The molecular weight excluding hydrogens is 222 g/mol. The number of benzene rings is 1. The van der Waals surface area contributed by atoms with Gasteiger partial charge in [-0.1, -0.05) is 30.3 Å². The molecule has 102 valence electrons. The molecule has 0 aliphatic carbocycles. The molecule has 0 aromatic heterocycles. The Morgan fingerprint density at radius 3 is 2.17 bits per heavy atom. The second kappa shape index (κ2) is 6.35. The summed E-state index contributed by atoms with van der Waals surface area (Å²) in [5, 5.41) is 13.7. The van der Waals surface area contributed by atoms with Gasteiger partial charge in [0.15, 0.2) is 0 Å². The molecule has 0 radical (unpaired) electrons. The Kier molecular flexibility index (Phi) is 5.36. The molecule has 1 unspecified atom stereocenters. The largest absolute Gasteiger partial charge is 0.390 e. The van der Waals surface area contributed by atoms with Gasteiger partial charge in [-0.05, 0) is 59.1 Å². The van der Waals surface area contributed by atoms with E-state index >= 15 is 0 Å². The van der Waals surface area contributed by atoms with Crippen molar-refractivity contribution in [3.05, 3.63) is 35.9 Å². The molecule has 0 heterocycles. The van der Waals surface area contributed by atoms with Crippen LogP contribution < -0.4 is 5.32 Å². The summed E-state index contributed by atoms with van der Waals surface area (Å²) in [6.07, 6.45) is 2.53. The Balaban J connectivity index is 2.31. The molecule has 0 saturated heterocycles. The van der Waals surface area contributed by atoms with Crippen LogP contribution >= 0.6 is 0 Å². The first-order valence-electron chi connectivity index (χ1n) is 6.80. The quantitative estimate of drug-likeness (QED) is 0.811. The van der Waals surface area contributed by atoms with Gasteiger partial charge in [0.2, 0.25) is 0 Å². The third-order valence-corrected chi connectivity index (χ3v) is 3.11. The first-order chi connectivity index (χ1) is 8.29. The van der Waals surface area contributed by atoms with Gasteiger partial charge in [-0.15, -0.1) is 0 Å². The smallest absolute Gasteiger partial charge is 0.0635 e. The van der Waals surface area contributed by atoms with Gasteiger partial charge in [0.1, 0.15) is 0 Å². The molecule has 2 nitrogen and oxygen atoms in total. The average molecular weight is 249 g/mol. The fourth-order valence-electron chi connectivity index (χ4n) is 1.89. The fraction of sp³-hybridized carbons (Fsp3) is 0.625. The van der Waals surface area contributed by atoms with Crippen LogP contribution in [0.15, 0.2) is 30.3 Å². The molecule has 0 bridgehead atoms. The first kappa shape index (κ1) is 15.2. The molecule has 1 aromatic carbocycles. The Morgan fingerprint density at radius 1 is 1.00 bits per heavy atom. The maximum absolute atomic E-state index is 10.3. The van der Waals surface area contributed by atoms with Crippen LogP contribution in [0.2, 0.25) is 0 Å². The topological polar surface area (TPSA) is 32.3 Å². The van der Waals surface area contributed by atoms with Crippen LogP contribution in [0.25, 0.3) is 0 Å². The van der Waals surface area contributed by atoms with Crippen molar-refractivity contribution in [1.82, 2.24) is 5.32 Å². The molecule has 18 heavy (non-hydrogen) atoms. The third-order valence-electron chi connectivity index (χ3n) is 3.11. The molecule has 1 rings (SSSR count). The molecule has 1 aromatic rings. The second-order valence-corrected chi connectivity index (χ2v) is 6.41. The van der Waals surface area contributed by atoms with Crippen molar-refractivity contribution in [1.29, 1.82) is 0 Å². The number of hydrogen-bond donors (Lipinski definition) is 2. The Labute approximate surface area is 111 Å². The lowest BCUT2D eigenvalue weighted by Gasteiger charge is -2.27. The van der Waals surface area contributed by atoms with Crippen LogP contribution in [0.3, 0.4) is 0 Å². The Morgan fingerprint density at radius 2 is 1.61 bits per heavy atom. The number of aryl methyl sites for hydroxylation is 1. The minimum Gasteiger partial charge on any atom is -0.390 e. The number of hydrogen-bond acceptors (Lipinski definition) is 2. The van der Waals surface area contributed by atoms with Crippen LogP contribution in [0, 0.1) is 0 Å². The summed E-state index contributed by atoms with van der Waals surface area (Å²) in [5.74, 6) is 0. The summed E-state index contributed by atoms with van der Waals surface area (Å²) in [6, 6.07) is 10.3. The zero-order valence-corrected chi connectivity index (χ0v) is 12.2. The third kappa shape index (κ3) is 6.77. The van der Waals surface area contributed by atoms with E-state index in [1.54, 1.807) is 0 Å². The molecule has 0 spiro atoms. The van der Waals surface area contributed by atoms with Gasteiger partial charge in [0.25, 0.3) is 0 Å². The van der Waals surface area contributed by atoms with Crippen LogP contribution in [0.1, 0.15) is 46.1 Å².